The molecular weight excluding hydrogens is 360 g/mol. The Labute approximate surface area is 168 Å². The summed E-state index contributed by atoms with van der Waals surface area (Å²) < 4.78 is 8.13. The van der Waals surface area contributed by atoms with Crippen LogP contribution in [0.3, 0.4) is 0 Å². The maximum absolute atomic E-state index is 5.97. The number of fused-ring (bicyclic) bond motifs is 1. The minimum atomic E-state index is 0.488. The molecule has 3 aromatic carbocycles. The van der Waals surface area contributed by atoms with Crippen LogP contribution in [0.25, 0.3) is 22.5 Å². The Bertz CT molecular complexity index is 1250. The van der Waals surface area contributed by atoms with Gasteiger partial charge >= 0.3 is 0 Å². The Kier molecular flexibility index (Phi) is 4.41. The molecule has 2 aromatic heterocycles. The van der Waals surface area contributed by atoms with Crippen LogP contribution in [0.1, 0.15) is 22.8 Å². The molecule has 5 heteroatoms. The third-order valence-electron chi connectivity index (χ3n) is 5.00. The number of aryl methyl sites for hydroxylation is 1. The molecule has 0 saturated carbocycles. The number of hydrogen-bond acceptors (Lipinski definition) is 4. The van der Waals surface area contributed by atoms with Crippen molar-refractivity contribution in [1.29, 1.82) is 0 Å². The summed E-state index contributed by atoms with van der Waals surface area (Å²) in [6.07, 6.45) is 0.745. The molecule has 29 heavy (non-hydrogen) atoms. The highest BCUT2D eigenvalue weighted by atomic mass is 16.4. The summed E-state index contributed by atoms with van der Waals surface area (Å²) in [7, 11) is 0. The molecule has 0 N–H and O–H groups in total. The molecule has 0 aliphatic rings. The summed E-state index contributed by atoms with van der Waals surface area (Å²) in [5.41, 5.74) is 5.37. The lowest BCUT2D eigenvalue weighted by molar-refractivity contribution is 0.487. The van der Waals surface area contributed by atoms with Crippen LogP contribution in [0.5, 0.6) is 0 Å². The molecule has 0 aliphatic carbocycles. The number of hydrogen-bond donors (Lipinski definition) is 0. The Balaban J connectivity index is 1.50. The Morgan fingerprint density at radius 1 is 0.828 bits per heavy atom. The van der Waals surface area contributed by atoms with Crippen LogP contribution in [-0.4, -0.2) is 19.7 Å². The van der Waals surface area contributed by atoms with E-state index >= 15 is 0 Å². The molecule has 0 bridgehead atoms. The van der Waals surface area contributed by atoms with Crippen LogP contribution in [0, 0.1) is 6.92 Å². The van der Waals surface area contributed by atoms with Gasteiger partial charge in [0.2, 0.25) is 11.8 Å². The summed E-state index contributed by atoms with van der Waals surface area (Å²) in [5.74, 6) is 2.08. The van der Waals surface area contributed by atoms with Gasteiger partial charge in [0, 0.05) is 12.0 Å². The number of para-hydroxylation sites is 2. The van der Waals surface area contributed by atoms with Gasteiger partial charge in [-0.25, -0.2) is 4.98 Å². The second-order valence-corrected chi connectivity index (χ2v) is 7.13. The number of aromatic nitrogens is 4. The Hall–Kier alpha value is -3.73. The highest BCUT2D eigenvalue weighted by Gasteiger charge is 2.15. The van der Waals surface area contributed by atoms with E-state index in [0.717, 1.165) is 28.8 Å². The molecular formula is C24H20N4O. The monoisotopic (exact) mass is 380 g/mol. The topological polar surface area (TPSA) is 56.7 Å². The fourth-order valence-corrected chi connectivity index (χ4v) is 3.48. The number of imidazole rings is 1. The maximum Gasteiger partial charge on any atom is 0.247 e. The summed E-state index contributed by atoms with van der Waals surface area (Å²) in [5, 5.41) is 8.52. The largest absolute Gasteiger partial charge is 0.419 e. The maximum atomic E-state index is 5.97. The van der Waals surface area contributed by atoms with Gasteiger partial charge in [-0.05, 0) is 36.8 Å². The van der Waals surface area contributed by atoms with Crippen LogP contribution in [0.4, 0.5) is 0 Å². The van der Waals surface area contributed by atoms with Crippen LogP contribution in [0.2, 0.25) is 0 Å². The summed E-state index contributed by atoms with van der Waals surface area (Å²) in [6, 6.07) is 26.6. The van der Waals surface area contributed by atoms with Gasteiger partial charge in [0.05, 0.1) is 11.0 Å². The van der Waals surface area contributed by atoms with Crippen molar-refractivity contribution in [3.05, 3.63) is 102 Å². The molecule has 0 amide bonds. The minimum absolute atomic E-state index is 0.488. The van der Waals surface area contributed by atoms with Gasteiger partial charge in [-0.2, -0.15) is 0 Å². The summed E-state index contributed by atoms with van der Waals surface area (Å²) >= 11 is 0. The van der Waals surface area contributed by atoms with Crippen molar-refractivity contribution in [2.75, 3.05) is 0 Å². The molecule has 0 saturated heterocycles. The second-order valence-electron chi connectivity index (χ2n) is 7.13. The van der Waals surface area contributed by atoms with E-state index in [2.05, 4.69) is 39.9 Å². The number of nitrogens with zero attached hydrogens (tertiary/aromatic N) is 4. The van der Waals surface area contributed by atoms with E-state index in [0.29, 0.717) is 18.3 Å². The zero-order chi connectivity index (χ0) is 19.6. The van der Waals surface area contributed by atoms with E-state index in [1.54, 1.807) is 0 Å². The van der Waals surface area contributed by atoms with E-state index in [-0.39, 0.29) is 0 Å². The molecule has 142 valence electrons. The van der Waals surface area contributed by atoms with Crippen LogP contribution >= 0.6 is 0 Å². The smallest absolute Gasteiger partial charge is 0.247 e. The lowest BCUT2D eigenvalue weighted by Crippen LogP contribution is -2.06. The molecule has 0 radical (unpaired) electrons. The van der Waals surface area contributed by atoms with E-state index in [9.17, 15) is 0 Å². The van der Waals surface area contributed by atoms with Gasteiger partial charge in [0.25, 0.3) is 0 Å². The predicted molar refractivity (Wildman–Crippen MR) is 113 cm³/mol. The zero-order valence-electron chi connectivity index (χ0n) is 16.1. The van der Waals surface area contributed by atoms with E-state index in [1.807, 2.05) is 60.7 Å². The van der Waals surface area contributed by atoms with Gasteiger partial charge in [-0.3, -0.25) is 0 Å². The average molecular weight is 380 g/mol. The molecule has 0 aliphatic heterocycles. The normalized spacial score (nSPS) is 11.2. The van der Waals surface area contributed by atoms with Crippen LogP contribution < -0.4 is 0 Å². The fraction of sp³-hybridized carbons (Fsp3) is 0.125. The SMILES string of the molecule is Cc1ccc(-c2nnc(Cn3c(Cc4ccccc4)nc4ccccc43)o2)cc1. The van der Waals surface area contributed by atoms with Gasteiger partial charge in [0.15, 0.2) is 0 Å². The first-order valence-corrected chi connectivity index (χ1v) is 9.64. The molecule has 5 nitrogen and oxygen atoms in total. The van der Waals surface area contributed by atoms with Crippen molar-refractivity contribution in [2.45, 2.75) is 19.9 Å². The standard InChI is InChI=1S/C24H20N4O/c1-17-11-13-19(14-12-17)24-27-26-23(29-24)16-28-21-10-6-5-9-20(21)25-22(28)15-18-7-3-2-4-8-18/h2-14H,15-16H2,1H3. The third-order valence-corrected chi connectivity index (χ3v) is 5.00. The van der Waals surface area contributed by atoms with Crippen molar-refractivity contribution in [1.82, 2.24) is 19.7 Å². The fourth-order valence-electron chi connectivity index (χ4n) is 3.48. The number of rotatable bonds is 5. The molecule has 0 spiro atoms. The first-order chi connectivity index (χ1) is 14.3. The van der Waals surface area contributed by atoms with Crippen molar-refractivity contribution < 1.29 is 4.42 Å². The van der Waals surface area contributed by atoms with Crippen molar-refractivity contribution in [2.24, 2.45) is 0 Å². The first kappa shape index (κ1) is 17.4. The van der Waals surface area contributed by atoms with E-state index in [1.165, 1.54) is 11.1 Å². The Morgan fingerprint density at radius 3 is 2.41 bits per heavy atom. The molecule has 5 rings (SSSR count). The third kappa shape index (κ3) is 3.55. The van der Waals surface area contributed by atoms with E-state index < -0.39 is 0 Å². The zero-order valence-corrected chi connectivity index (χ0v) is 16.1. The molecule has 2 heterocycles. The van der Waals surface area contributed by atoms with E-state index in [4.69, 9.17) is 9.40 Å². The van der Waals surface area contributed by atoms with Gasteiger partial charge in [0.1, 0.15) is 12.4 Å². The predicted octanol–water partition coefficient (Wildman–Crippen LogP) is 5.03. The number of benzene rings is 3. The second kappa shape index (κ2) is 7.36. The first-order valence-electron chi connectivity index (χ1n) is 9.64. The highest BCUT2D eigenvalue weighted by Crippen LogP contribution is 2.22. The van der Waals surface area contributed by atoms with Gasteiger partial charge in [-0.15, -0.1) is 10.2 Å². The van der Waals surface area contributed by atoms with Gasteiger partial charge in [-0.1, -0.05) is 60.2 Å². The minimum Gasteiger partial charge on any atom is -0.419 e. The molecule has 0 fully saturated rings. The lowest BCUT2D eigenvalue weighted by atomic mass is 10.1. The van der Waals surface area contributed by atoms with Gasteiger partial charge < -0.3 is 8.98 Å². The average Bonchev–Trinajstić information content (AvgIpc) is 3.35. The van der Waals surface area contributed by atoms with Crippen molar-refractivity contribution in [3.8, 4) is 11.5 Å². The summed E-state index contributed by atoms with van der Waals surface area (Å²) in [4.78, 5) is 4.85. The Morgan fingerprint density at radius 2 is 1.59 bits per heavy atom. The molecule has 0 unspecified atom stereocenters. The van der Waals surface area contributed by atoms with Crippen LogP contribution in [-0.2, 0) is 13.0 Å². The van der Waals surface area contributed by atoms with Crippen LogP contribution in [0.15, 0.2) is 83.3 Å². The summed E-state index contributed by atoms with van der Waals surface area (Å²) in [6.45, 7) is 2.54. The highest BCUT2D eigenvalue weighted by molar-refractivity contribution is 5.76. The van der Waals surface area contributed by atoms with Crippen molar-refractivity contribution in [3.63, 3.8) is 0 Å². The quantitative estimate of drug-likeness (QED) is 0.429. The lowest BCUT2D eigenvalue weighted by Gasteiger charge is -2.07. The van der Waals surface area contributed by atoms with Crippen molar-refractivity contribution >= 4 is 11.0 Å². The molecule has 5 aromatic rings. The molecule has 0 atom stereocenters.